The highest BCUT2D eigenvalue weighted by atomic mass is 127. The molecule has 0 spiro atoms. The predicted octanol–water partition coefficient (Wildman–Crippen LogP) is 6.08. The molecule has 0 bridgehead atoms. The van der Waals surface area contributed by atoms with Crippen LogP contribution >= 0.6 is 22.6 Å². The molecule has 0 aliphatic rings. The van der Waals surface area contributed by atoms with E-state index in [-0.39, 0.29) is 12.8 Å². The number of rotatable bonds is 6. The first-order valence-electron chi connectivity index (χ1n) is 6.02. The number of hydrogen-bond donors (Lipinski definition) is 0. The summed E-state index contributed by atoms with van der Waals surface area (Å²) in [5, 5.41) is 0. The Morgan fingerprint density at radius 2 is 1.24 bits per heavy atom. The highest BCUT2D eigenvalue weighted by molar-refractivity contribution is 14.1. The van der Waals surface area contributed by atoms with Gasteiger partial charge >= 0.3 is 18.3 Å². The lowest BCUT2D eigenvalue weighted by atomic mass is 9.78. The van der Waals surface area contributed by atoms with Crippen molar-refractivity contribution in [2.75, 3.05) is 0 Å². The van der Waals surface area contributed by atoms with E-state index in [9.17, 15) is 39.5 Å². The third kappa shape index (κ3) is 3.72. The first kappa shape index (κ1) is 21.1. The summed E-state index contributed by atoms with van der Waals surface area (Å²) >= 11 is 1.30. The van der Waals surface area contributed by atoms with Crippen LogP contribution in [0.3, 0.4) is 0 Å². The van der Waals surface area contributed by atoms with Gasteiger partial charge in [-0.2, -0.15) is 35.1 Å². The SMILES string of the molecule is CCCC(I)C(CC)C(F)(C(F)(F)F)C(F)(F)C(F)(F)F. The van der Waals surface area contributed by atoms with E-state index in [1.54, 1.807) is 0 Å². The Labute approximate surface area is 129 Å². The first-order valence-corrected chi connectivity index (χ1v) is 7.27. The highest BCUT2D eigenvalue weighted by Crippen LogP contribution is 2.58. The largest absolute Gasteiger partial charge is 0.457 e. The monoisotopic (exact) mass is 444 g/mol. The smallest absolute Gasteiger partial charge is 0.226 e. The van der Waals surface area contributed by atoms with Gasteiger partial charge in [0.15, 0.2) is 0 Å². The lowest BCUT2D eigenvalue weighted by Gasteiger charge is -2.42. The topological polar surface area (TPSA) is 0 Å². The molecule has 128 valence electrons. The molecular weight excluding hydrogens is 430 g/mol. The van der Waals surface area contributed by atoms with Crippen LogP contribution in [0.1, 0.15) is 33.1 Å². The van der Waals surface area contributed by atoms with Crippen LogP contribution in [-0.4, -0.2) is 27.9 Å². The van der Waals surface area contributed by atoms with E-state index in [2.05, 4.69) is 0 Å². The lowest BCUT2D eigenvalue weighted by Crippen LogP contribution is -2.67. The zero-order valence-electron chi connectivity index (χ0n) is 11.1. The van der Waals surface area contributed by atoms with Gasteiger partial charge in [-0.05, 0) is 12.8 Å². The third-order valence-electron chi connectivity index (χ3n) is 3.18. The van der Waals surface area contributed by atoms with E-state index in [1.807, 2.05) is 0 Å². The van der Waals surface area contributed by atoms with E-state index in [4.69, 9.17) is 0 Å². The zero-order chi connectivity index (χ0) is 17.3. The average molecular weight is 444 g/mol. The van der Waals surface area contributed by atoms with Gasteiger partial charge in [-0.15, -0.1) is 0 Å². The molecule has 0 aliphatic heterocycles. The van der Waals surface area contributed by atoms with Crippen LogP contribution in [0.25, 0.3) is 0 Å². The van der Waals surface area contributed by atoms with Gasteiger partial charge in [-0.3, -0.25) is 0 Å². The number of alkyl halides is 10. The molecule has 0 heterocycles. The van der Waals surface area contributed by atoms with Crippen LogP contribution in [0.4, 0.5) is 39.5 Å². The van der Waals surface area contributed by atoms with E-state index in [1.165, 1.54) is 29.5 Å². The second-order valence-corrected chi connectivity index (χ2v) is 6.20. The second-order valence-electron chi connectivity index (χ2n) is 4.60. The van der Waals surface area contributed by atoms with Gasteiger partial charge in [0.2, 0.25) is 0 Å². The molecule has 0 amide bonds. The Bertz CT molecular complexity index is 336. The summed E-state index contributed by atoms with van der Waals surface area (Å²) in [7, 11) is 0. The molecule has 0 saturated carbocycles. The molecule has 21 heavy (non-hydrogen) atoms. The van der Waals surface area contributed by atoms with E-state index in [0.29, 0.717) is 0 Å². The van der Waals surface area contributed by atoms with Crippen LogP contribution in [0.2, 0.25) is 0 Å². The summed E-state index contributed by atoms with van der Waals surface area (Å²) in [6.45, 7) is 2.46. The van der Waals surface area contributed by atoms with E-state index in [0.717, 1.165) is 6.92 Å². The summed E-state index contributed by atoms with van der Waals surface area (Å²) in [4.78, 5) is 0. The Hall–Kier alpha value is 0.1000. The Balaban J connectivity index is 6.10. The van der Waals surface area contributed by atoms with Crippen molar-refractivity contribution in [1.29, 1.82) is 0 Å². The minimum absolute atomic E-state index is 0.102. The molecular formula is C11H14F9I. The average Bonchev–Trinajstić information content (AvgIpc) is 2.26. The van der Waals surface area contributed by atoms with Crippen LogP contribution < -0.4 is 0 Å². The van der Waals surface area contributed by atoms with Crippen molar-refractivity contribution in [2.24, 2.45) is 5.92 Å². The van der Waals surface area contributed by atoms with Crippen molar-refractivity contribution in [3.8, 4) is 0 Å². The molecule has 3 unspecified atom stereocenters. The Morgan fingerprint density at radius 1 is 0.810 bits per heavy atom. The molecule has 10 heteroatoms. The molecule has 0 radical (unpaired) electrons. The summed E-state index contributed by atoms with van der Waals surface area (Å²) in [5.41, 5.74) is -5.66. The minimum Gasteiger partial charge on any atom is -0.226 e. The van der Waals surface area contributed by atoms with Crippen molar-refractivity contribution >= 4 is 22.6 Å². The van der Waals surface area contributed by atoms with Gasteiger partial charge in [-0.25, -0.2) is 4.39 Å². The van der Waals surface area contributed by atoms with Crippen molar-refractivity contribution in [1.82, 2.24) is 0 Å². The van der Waals surface area contributed by atoms with Crippen LogP contribution in [0.5, 0.6) is 0 Å². The second kappa shape index (κ2) is 6.69. The van der Waals surface area contributed by atoms with Gasteiger partial charge in [-0.1, -0.05) is 42.9 Å². The fourth-order valence-corrected chi connectivity index (χ4v) is 3.72. The molecule has 0 nitrogen and oxygen atoms in total. The van der Waals surface area contributed by atoms with Gasteiger partial charge < -0.3 is 0 Å². The standard InChI is InChI=1S/C11H14F9I/c1-3-5-7(21)6(4-2)8(12,10(15,16)17)9(13,14)11(18,19)20/h6-7H,3-5H2,1-2H3. The minimum atomic E-state index is -6.63. The molecule has 0 aliphatic carbocycles. The molecule has 0 aromatic heterocycles. The fraction of sp³-hybridized carbons (Fsp3) is 1.00. The molecule has 0 rings (SSSR count). The van der Waals surface area contributed by atoms with Crippen LogP contribution in [0, 0.1) is 5.92 Å². The van der Waals surface area contributed by atoms with E-state index < -0.39 is 40.2 Å². The summed E-state index contributed by atoms with van der Waals surface area (Å²) in [5.74, 6) is -9.02. The summed E-state index contributed by atoms with van der Waals surface area (Å²) < 4.78 is 115. The molecule has 0 N–H and O–H groups in total. The van der Waals surface area contributed by atoms with Gasteiger partial charge in [0.1, 0.15) is 0 Å². The van der Waals surface area contributed by atoms with Gasteiger partial charge in [0.05, 0.1) is 0 Å². The Kier molecular flexibility index (Phi) is 6.72. The third-order valence-corrected chi connectivity index (χ3v) is 4.67. The first-order chi connectivity index (χ1) is 9.18. The molecule has 3 atom stereocenters. The van der Waals surface area contributed by atoms with E-state index >= 15 is 0 Å². The molecule has 0 fully saturated rings. The van der Waals surface area contributed by atoms with Crippen molar-refractivity contribution in [2.45, 2.75) is 61.0 Å². The molecule has 0 saturated heterocycles. The van der Waals surface area contributed by atoms with Crippen molar-refractivity contribution in [3.05, 3.63) is 0 Å². The summed E-state index contributed by atoms with van der Waals surface area (Å²) in [6.07, 6.45) is -13.6. The van der Waals surface area contributed by atoms with Crippen LogP contribution in [0.15, 0.2) is 0 Å². The molecule has 0 aromatic carbocycles. The Morgan fingerprint density at radius 3 is 1.48 bits per heavy atom. The zero-order valence-corrected chi connectivity index (χ0v) is 13.2. The van der Waals surface area contributed by atoms with Crippen molar-refractivity contribution in [3.63, 3.8) is 0 Å². The maximum atomic E-state index is 14.2. The van der Waals surface area contributed by atoms with Crippen LogP contribution in [-0.2, 0) is 0 Å². The maximum Gasteiger partial charge on any atom is 0.457 e. The number of halogens is 10. The quantitative estimate of drug-likeness (QED) is 0.265. The normalized spacial score (nSPS) is 20.0. The van der Waals surface area contributed by atoms with Gasteiger partial charge in [0, 0.05) is 9.84 Å². The van der Waals surface area contributed by atoms with Gasteiger partial charge in [0.25, 0.3) is 5.67 Å². The predicted molar refractivity (Wildman–Crippen MR) is 67.4 cm³/mol. The maximum absolute atomic E-state index is 14.2. The van der Waals surface area contributed by atoms with Crippen molar-refractivity contribution < 1.29 is 39.5 Å². The summed E-state index contributed by atoms with van der Waals surface area (Å²) in [6, 6.07) is 0. The highest BCUT2D eigenvalue weighted by Gasteiger charge is 2.83. The molecule has 0 aromatic rings. The lowest BCUT2D eigenvalue weighted by molar-refractivity contribution is -0.395. The fourth-order valence-electron chi connectivity index (χ4n) is 2.09. The number of hydrogen-bond acceptors (Lipinski definition) is 0.